The van der Waals surface area contributed by atoms with Crippen molar-refractivity contribution in [3.8, 4) is 0 Å². The van der Waals surface area contributed by atoms with E-state index in [9.17, 15) is 8.42 Å². The lowest BCUT2D eigenvalue weighted by Gasteiger charge is -2.24. The number of halogens is 1. The van der Waals surface area contributed by atoms with Crippen molar-refractivity contribution in [2.75, 3.05) is 5.75 Å². The van der Waals surface area contributed by atoms with Crippen LogP contribution in [-0.4, -0.2) is 29.6 Å². The summed E-state index contributed by atoms with van der Waals surface area (Å²) in [4.78, 5) is 0. The molecule has 68 valence electrons. The quantitative estimate of drug-likeness (QED) is 0.685. The summed E-state index contributed by atoms with van der Waals surface area (Å²) in [7, 11) is -3.38. The lowest BCUT2D eigenvalue weighted by Crippen LogP contribution is -2.40. The van der Waals surface area contributed by atoms with Gasteiger partial charge in [-0.2, -0.15) is 0 Å². The van der Waals surface area contributed by atoms with Crippen LogP contribution in [0.5, 0.6) is 0 Å². The number of aliphatic hydroxyl groups is 1. The molecular weight excluding hydrogens is 188 g/mol. The molecule has 0 spiro atoms. The normalized spacial score (nSPS) is 20.8. The number of sulfone groups is 1. The minimum atomic E-state index is -3.38. The molecule has 11 heavy (non-hydrogen) atoms. The summed E-state index contributed by atoms with van der Waals surface area (Å²) in [5, 5.41) is 9.04. The van der Waals surface area contributed by atoms with E-state index in [4.69, 9.17) is 16.7 Å². The molecular formula is C6H13ClO3S. The zero-order valence-electron chi connectivity index (χ0n) is 6.83. The molecule has 0 bridgehead atoms. The Kier molecular flexibility index (Phi) is 3.35. The molecule has 0 saturated heterocycles. The van der Waals surface area contributed by atoms with Gasteiger partial charge in [0.25, 0.3) is 0 Å². The summed E-state index contributed by atoms with van der Waals surface area (Å²) < 4.78 is 20.8. The zero-order chi connectivity index (χ0) is 9.28. The minimum Gasteiger partial charge on any atom is -0.390 e. The third kappa shape index (κ3) is 2.07. The van der Waals surface area contributed by atoms with Crippen LogP contribution in [0.4, 0.5) is 0 Å². The third-order valence-electron chi connectivity index (χ3n) is 1.73. The summed E-state index contributed by atoms with van der Waals surface area (Å²) in [6.45, 7) is 4.16. The van der Waals surface area contributed by atoms with Gasteiger partial charge in [0, 0.05) is 5.75 Å². The first-order chi connectivity index (χ1) is 4.75. The molecule has 2 atom stereocenters. The van der Waals surface area contributed by atoms with Crippen molar-refractivity contribution in [1.82, 2.24) is 0 Å². The van der Waals surface area contributed by atoms with Gasteiger partial charge in [0.15, 0.2) is 14.0 Å². The third-order valence-corrected chi connectivity index (χ3v) is 5.07. The lowest BCUT2D eigenvalue weighted by atomic mass is 10.3. The number of aliphatic hydroxyl groups excluding tert-OH is 1. The van der Waals surface area contributed by atoms with Gasteiger partial charge in [0.05, 0.1) is 6.10 Å². The fourth-order valence-electron chi connectivity index (χ4n) is 0.542. The minimum absolute atomic E-state index is 0.0576. The van der Waals surface area contributed by atoms with E-state index in [1.807, 2.05) is 0 Å². The summed E-state index contributed by atoms with van der Waals surface area (Å²) in [6.07, 6.45) is -1.06. The highest BCUT2D eigenvalue weighted by molar-refractivity contribution is 7.94. The van der Waals surface area contributed by atoms with Crippen LogP contribution in [0, 0.1) is 0 Å². The van der Waals surface area contributed by atoms with Gasteiger partial charge in [-0.05, 0) is 13.8 Å². The number of hydrogen-bond donors (Lipinski definition) is 1. The predicted molar refractivity (Wildman–Crippen MR) is 45.4 cm³/mol. The molecule has 1 N–H and O–H groups in total. The molecule has 0 rings (SSSR count). The predicted octanol–water partition coefficient (Wildman–Crippen LogP) is 0.757. The van der Waals surface area contributed by atoms with Crippen molar-refractivity contribution in [2.24, 2.45) is 0 Å². The fraction of sp³-hybridized carbons (Fsp3) is 1.00. The molecule has 5 heteroatoms. The highest BCUT2D eigenvalue weighted by Gasteiger charge is 2.40. The second-order valence-corrected chi connectivity index (χ2v) is 6.23. The van der Waals surface area contributed by atoms with E-state index in [0.717, 1.165) is 0 Å². The Morgan fingerprint density at radius 2 is 2.00 bits per heavy atom. The molecule has 0 aliphatic heterocycles. The monoisotopic (exact) mass is 200 g/mol. The second-order valence-electron chi connectivity index (χ2n) is 2.57. The van der Waals surface area contributed by atoms with Gasteiger partial charge >= 0.3 is 0 Å². The summed E-state index contributed by atoms with van der Waals surface area (Å²) >= 11 is 5.62. The Bertz CT molecular complexity index is 218. The molecule has 0 aliphatic carbocycles. The maximum Gasteiger partial charge on any atom is 0.171 e. The molecule has 0 heterocycles. The molecule has 0 amide bonds. The van der Waals surface area contributed by atoms with Crippen molar-refractivity contribution in [3.05, 3.63) is 0 Å². The molecule has 0 saturated carbocycles. The summed E-state index contributed by atoms with van der Waals surface area (Å²) in [6, 6.07) is 0. The van der Waals surface area contributed by atoms with Gasteiger partial charge in [-0.1, -0.05) is 18.5 Å². The van der Waals surface area contributed by atoms with Crippen LogP contribution in [0.1, 0.15) is 20.8 Å². The van der Waals surface area contributed by atoms with Crippen molar-refractivity contribution >= 4 is 21.4 Å². The molecule has 0 aromatic heterocycles. The number of rotatable bonds is 3. The molecule has 3 nitrogen and oxygen atoms in total. The fourth-order valence-corrected chi connectivity index (χ4v) is 1.95. The van der Waals surface area contributed by atoms with E-state index < -0.39 is 20.1 Å². The highest BCUT2D eigenvalue weighted by Crippen LogP contribution is 2.26. The Labute approximate surface area is 72.3 Å². The van der Waals surface area contributed by atoms with E-state index in [1.54, 1.807) is 0 Å². The van der Waals surface area contributed by atoms with Gasteiger partial charge in [-0.25, -0.2) is 8.42 Å². The Morgan fingerprint density at radius 3 is 2.09 bits per heavy atom. The highest BCUT2D eigenvalue weighted by atomic mass is 35.5. The molecule has 2 unspecified atom stereocenters. The van der Waals surface area contributed by atoms with Crippen LogP contribution in [-0.2, 0) is 9.84 Å². The topological polar surface area (TPSA) is 54.4 Å². The Balaban J connectivity index is 4.85. The van der Waals surface area contributed by atoms with Crippen molar-refractivity contribution < 1.29 is 13.5 Å². The number of hydrogen-bond acceptors (Lipinski definition) is 3. The average molecular weight is 201 g/mol. The van der Waals surface area contributed by atoms with E-state index in [-0.39, 0.29) is 5.75 Å². The van der Waals surface area contributed by atoms with E-state index in [0.29, 0.717) is 0 Å². The molecule has 0 aliphatic rings. The van der Waals surface area contributed by atoms with Gasteiger partial charge < -0.3 is 5.11 Å². The van der Waals surface area contributed by atoms with E-state index >= 15 is 0 Å². The first kappa shape index (κ1) is 11.2. The van der Waals surface area contributed by atoms with Crippen LogP contribution >= 0.6 is 11.6 Å². The van der Waals surface area contributed by atoms with Gasteiger partial charge in [-0.15, -0.1) is 0 Å². The summed E-state index contributed by atoms with van der Waals surface area (Å²) in [5.74, 6) is -0.0576. The first-order valence-electron chi connectivity index (χ1n) is 3.35. The van der Waals surface area contributed by atoms with E-state index in [2.05, 4.69) is 0 Å². The first-order valence-corrected chi connectivity index (χ1v) is 5.38. The van der Waals surface area contributed by atoms with Crippen molar-refractivity contribution in [1.29, 1.82) is 0 Å². The van der Waals surface area contributed by atoms with Crippen LogP contribution in [0.3, 0.4) is 0 Å². The van der Waals surface area contributed by atoms with Crippen LogP contribution < -0.4 is 0 Å². The number of alkyl halides is 1. The van der Waals surface area contributed by atoms with Crippen molar-refractivity contribution in [3.63, 3.8) is 0 Å². The zero-order valence-corrected chi connectivity index (χ0v) is 8.41. The maximum absolute atomic E-state index is 11.2. The van der Waals surface area contributed by atoms with Crippen LogP contribution in [0.2, 0.25) is 0 Å². The van der Waals surface area contributed by atoms with Gasteiger partial charge in [0.1, 0.15) is 0 Å². The standard InChI is InChI=1S/C6H13ClO3S/c1-4-11(9,10)6(3,7)5(2)8/h5,8H,4H2,1-3H3. The molecule has 0 fully saturated rings. The maximum atomic E-state index is 11.2. The molecule has 0 aromatic carbocycles. The molecule has 0 radical (unpaired) electrons. The Morgan fingerprint density at radius 1 is 1.64 bits per heavy atom. The SMILES string of the molecule is CCS(=O)(=O)C(C)(Cl)C(C)O. The average Bonchev–Trinajstić information content (AvgIpc) is 1.87. The Hall–Kier alpha value is 0.200. The van der Waals surface area contributed by atoms with Crippen molar-refractivity contribution in [2.45, 2.75) is 31.1 Å². The second kappa shape index (κ2) is 3.29. The van der Waals surface area contributed by atoms with Gasteiger partial charge in [-0.3, -0.25) is 0 Å². The van der Waals surface area contributed by atoms with E-state index in [1.165, 1.54) is 20.8 Å². The van der Waals surface area contributed by atoms with Crippen LogP contribution in [0.25, 0.3) is 0 Å². The summed E-state index contributed by atoms with van der Waals surface area (Å²) in [5.41, 5.74) is 0. The molecule has 0 aromatic rings. The smallest absolute Gasteiger partial charge is 0.171 e. The van der Waals surface area contributed by atoms with Crippen LogP contribution in [0.15, 0.2) is 0 Å². The van der Waals surface area contributed by atoms with Gasteiger partial charge in [0.2, 0.25) is 0 Å². The lowest BCUT2D eigenvalue weighted by molar-refractivity contribution is 0.180. The largest absolute Gasteiger partial charge is 0.390 e.